The number of hydrogen-bond acceptors (Lipinski definition) is 5. The van der Waals surface area contributed by atoms with Crippen LogP contribution in [0.3, 0.4) is 0 Å². The van der Waals surface area contributed by atoms with Gasteiger partial charge in [-0.15, -0.1) is 0 Å². The third-order valence-electron chi connectivity index (χ3n) is 4.00. The normalized spacial score (nSPS) is 10.9. The minimum Gasteiger partial charge on any atom is -0.264 e. The first-order valence-corrected chi connectivity index (χ1v) is 9.47. The van der Waals surface area contributed by atoms with Gasteiger partial charge in [-0.1, -0.05) is 64.5 Å². The number of nitrogens with zero attached hydrogens (tertiary/aromatic N) is 4. The monoisotopic (exact) mass is 429 g/mol. The molecule has 6 heteroatoms. The van der Waals surface area contributed by atoms with Crippen LogP contribution in [0.1, 0.15) is 5.56 Å². The van der Waals surface area contributed by atoms with Gasteiger partial charge in [0, 0.05) is 33.6 Å². The summed E-state index contributed by atoms with van der Waals surface area (Å²) in [6.07, 6.45) is 5.15. The molecule has 2 aromatic carbocycles. The number of rotatable bonds is 5. The highest BCUT2D eigenvalue weighted by Crippen LogP contribution is 2.26. The lowest BCUT2D eigenvalue weighted by molar-refractivity contribution is 1.12. The molecule has 0 amide bonds. The number of halogens is 1. The second-order valence-corrected chi connectivity index (χ2v) is 6.91. The summed E-state index contributed by atoms with van der Waals surface area (Å²) in [5.74, 6) is 0.430. The van der Waals surface area contributed by atoms with Gasteiger partial charge < -0.3 is 0 Å². The van der Waals surface area contributed by atoms with Crippen LogP contribution in [-0.2, 0) is 0 Å². The molecule has 1 N–H and O–H groups in total. The Kier molecular flexibility index (Phi) is 5.49. The minimum atomic E-state index is 0.430. The third-order valence-corrected chi connectivity index (χ3v) is 4.53. The van der Waals surface area contributed by atoms with Crippen LogP contribution in [0, 0.1) is 0 Å². The molecule has 136 valence electrons. The Morgan fingerprint density at radius 2 is 1.54 bits per heavy atom. The Hall–Kier alpha value is -3.38. The summed E-state index contributed by atoms with van der Waals surface area (Å²) >= 11 is 3.47. The van der Waals surface area contributed by atoms with Gasteiger partial charge in [-0.25, -0.2) is 15.4 Å². The molecule has 2 aromatic heterocycles. The van der Waals surface area contributed by atoms with Gasteiger partial charge in [0.05, 0.1) is 17.6 Å². The maximum atomic E-state index is 4.62. The molecule has 0 radical (unpaired) electrons. The second kappa shape index (κ2) is 8.54. The van der Waals surface area contributed by atoms with E-state index in [2.05, 4.69) is 41.4 Å². The van der Waals surface area contributed by atoms with Gasteiger partial charge >= 0.3 is 0 Å². The molecule has 0 aliphatic heterocycles. The molecular weight excluding hydrogens is 414 g/mol. The van der Waals surface area contributed by atoms with Crippen LogP contribution in [0.25, 0.3) is 22.5 Å². The topological polar surface area (TPSA) is 63.1 Å². The third kappa shape index (κ3) is 4.47. The smallest absolute Gasteiger partial charge is 0.244 e. The lowest BCUT2D eigenvalue weighted by atomic mass is 10.1. The van der Waals surface area contributed by atoms with E-state index >= 15 is 0 Å². The lowest BCUT2D eigenvalue weighted by Crippen LogP contribution is -2.00. The standard InChI is InChI=1S/C22H16BrN5/c23-19-10-8-18(9-11-19)21-13-20(17-6-2-1-3-7-17)26-22(27-21)28-25-15-16-5-4-12-24-14-16/h1-15H,(H,26,27,28). The van der Waals surface area contributed by atoms with E-state index in [1.165, 1.54) is 0 Å². The van der Waals surface area contributed by atoms with E-state index in [0.29, 0.717) is 5.95 Å². The predicted octanol–water partition coefficient (Wildman–Crippen LogP) is 5.41. The van der Waals surface area contributed by atoms with Crippen molar-refractivity contribution >= 4 is 28.1 Å². The predicted molar refractivity (Wildman–Crippen MR) is 116 cm³/mol. The Balaban J connectivity index is 1.69. The van der Waals surface area contributed by atoms with Crippen LogP contribution in [0.15, 0.2) is 94.8 Å². The first-order valence-electron chi connectivity index (χ1n) is 8.67. The molecule has 4 rings (SSSR count). The molecule has 0 saturated carbocycles. The molecule has 0 aliphatic rings. The zero-order valence-electron chi connectivity index (χ0n) is 14.8. The molecule has 0 bridgehead atoms. The number of anilines is 1. The van der Waals surface area contributed by atoms with Crippen molar-refractivity contribution in [2.24, 2.45) is 5.10 Å². The maximum absolute atomic E-state index is 4.62. The number of hydrogen-bond donors (Lipinski definition) is 1. The average Bonchev–Trinajstić information content (AvgIpc) is 2.75. The number of hydrazone groups is 1. The van der Waals surface area contributed by atoms with Gasteiger partial charge in [0.25, 0.3) is 0 Å². The molecule has 28 heavy (non-hydrogen) atoms. The number of benzene rings is 2. The van der Waals surface area contributed by atoms with Crippen molar-refractivity contribution < 1.29 is 0 Å². The van der Waals surface area contributed by atoms with E-state index in [4.69, 9.17) is 0 Å². The van der Waals surface area contributed by atoms with Crippen LogP contribution in [0.5, 0.6) is 0 Å². The highest BCUT2D eigenvalue weighted by molar-refractivity contribution is 9.10. The number of pyridine rings is 1. The number of aromatic nitrogens is 3. The summed E-state index contributed by atoms with van der Waals surface area (Å²) in [5, 5.41) is 4.25. The van der Waals surface area contributed by atoms with E-state index in [-0.39, 0.29) is 0 Å². The molecule has 5 nitrogen and oxygen atoms in total. The fraction of sp³-hybridized carbons (Fsp3) is 0. The average molecular weight is 430 g/mol. The Morgan fingerprint density at radius 1 is 0.821 bits per heavy atom. The largest absolute Gasteiger partial charge is 0.264 e. The zero-order valence-corrected chi connectivity index (χ0v) is 16.4. The maximum Gasteiger partial charge on any atom is 0.244 e. The van der Waals surface area contributed by atoms with Gasteiger partial charge in [0.2, 0.25) is 5.95 Å². The van der Waals surface area contributed by atoms with Gasteiger partial charge in [-0.3, -0.25) is 4.98 Å². The highest BCUT2D eigenvalue weighted by Gasteiger charge is 2.08. The van der Waals surface area contributed by atoms with Crippen LogP contribution in [0.4, 0.5) is 5.95 Å². The summed E-state index contributed by atoms with van der Waals surface area (Å²) in [6, 6.07) is 23.8. The molecule has 4 aromatic rings. The Labute approximate surface area is 171 Å². The molecule has 0 fully saturated rings. The van der Waals surface area contributed by atoms with Gasteiger partial charge in [-0.05, 0) is 24.3 Å². The molecule has 2 heterocycles. The van der Waals surface area contributed by atoms with E-state index in [0.717, 1.165) is 32.6 Å². The number of nitrogens with one attached hydrogen (secondary N) is 1. The molecular formula is C22H16BrN5. The fourth-order valence-electron chi connectivity index (χ4n) is 2.64. The molecule has 0 aliphatic carbocycles. The van der Waals surface area contributed by atoms with Crippen LogP contribution in [-0.4, -0.2) is 21.2 Å². The van der Waals surface area contributed by atoms with Gasteiger partial charge in [0.1, 0.15) is 0 Å². The van der Waals surface area contributed by atoms with Crippen molar-refractivity contribution in [3.05, 3.63) is 95.2 Å². The second-order valence-electron chi connectivity index (χ2n) is 5.99. The summed E-state index contributed by atoms with van der Waals surface area (Å²) in [5.41, 5.74) is 7.49. The van der Waals surface area contributed by atoms with Crippen molar-refractivity contribution in [2.75, 3.05) is 5.43 Å². The fourth-order valence-corrected chi connectivity index (χ4v) is 2.90. The first-order chi connectivity index (χ1) is 13.8. The highest BCUT2D eigenvalue weighted by atomic mass is 79.9. The van der Waals surface area contributed by atoms with E-state index in [1.54, 1.807) is 18.6 Å². The SMILES string of the molecule is Brc1ccc(-c2cc(-c3ccccc3)nc(NN=Cc3cccnc3)n2)cc1. The summed E-state index contributed by atoms with van der Waals surface area (Å²) in [7, 11) is 0. The molecule has 0 unspecified atom stereocenters. The van der Waals surface area contributed by atoms with Crippen molar-refractivity contribution in [1.29, 1.82) is 0 Å². The minimum absolute atomic E-state index is 0.430. The van der Waals surface area contributed by atoms with Gasteiger partial charge in [-0.2, -0.15) is 5.10 Å². The zero-order chi connectivity index (χ0) is 19.2. The van der Waals surface area contributed by atoms with Crippen LogP contribution < -0.4 is 5.43 Å². The molecule has 0 atom stereocenters. The van der Waals surface area contributed by atoms with E-state index in [9.17, 15) is 0 Å². The summed E-state index contributed by atoms with van der Waals surface area (Å²) in [4.78, 5) is 13.3. The van der Waals surface area contributed by atoms with Crippen molar-refractivity contribution in [3.8, 4) is 22.5 Å². The molecule has 0 spiro atoms. The molecule has 0 saturated heterocycles. The van der Waals surface area contributed by atoms with E-state index < -0.39 is 0 Å². The van der Waals surface area contributed by atoms with Crippen molar-refractivity contribution in [2.45, 2.75) is 0 Å². The van der Waals surface area contributed by atoms with E-state index in [1.807, 2.05) is 72.8 Å². The quantitative estimate of drug-likeness (QED) is 0.340. The van der Waals surface area contributed by atoms with Crippen LogP contribution in [0.2, 0.25) is 0 Å². The Morgan fingerprint density at radius 3 is 2.21 bits per heavy atom. The van der Waals surface area contributed by atoms with Gasteiger partial charge in [0.15, 0.2) is 0 Å². The Bertz CT molecular complexity index is 1080. The van der Waals surface area contributed by atoms with Crippen molar-refractivity contribution in [1.82, 2.24) is 15.0 Å². The first kappa shape index (κ1) is 18.0. The summed E-state index contributed by atoms with van der Waals surface area (Å²) in [6.45, 7) is 0. The van der Waals surface area contributed by atoms with Crippen LogP contribution >= 0.6 is 15.9 Å². The lowest BCUT2D eigenvalue weighted by Gasteiger charge is -2.08. The van der Waals surface area contributed by atoms with Crippen molar-refractivity contribution in [3.63, 3.8) is 0 Å². The summed E-state index contributed by atoms with van der Waals surface area (Å²) < 4.78 is 1.02.